The lowest BCUT2D eigenvalue weighted by Crippen LogP contribution is -2.04. The zero-order valence-corrected chi connectivity index (χ0v) is 11.2. The van der Waals surface area contributed by atoms with Gasteiger partial charge in [-0.05, 0) is 25.1 Å². The number of benzene rings is 1. The molecule has 5 heteroatoms. The molecule has 0 saturated carbocycles. The van der Waals surface area contributed by atoms with Gasteiger partial charge in [0.2, 0.25) is 5.56 Å². The fourth-order valence-corrected chi connectivity index (χ4v) is 2.88. The molecular formula is C14H13ClN2O2. The van der Waals surface area contributed by atoms with Gasteiger partial charge in [0, 0.05) is 34.6 Å². The third-order valence-electron chi connectivity index (χ3n) is 3.37. The van der Waals surface area contributed by atoms with E-state index in [1.54, 1.807) is 0 Å². The first-order chi connectivity index (χ1) is 9.11. The van der Waals surface area contributed by atoms with Crippen molar-refractivity contribution in [1.82, 2.24) is 9.55 Å². The van der Waals surface area contributed by atoms with E-state index in [1.807, 2.05) is 29.7 Å². The second-order valence-electron chi connectivity index (χ2n) is 4.56. The molecule has 1 aromatic carbocycles. The summed E-state index contributed by atoms with van der Waals surface area (Å²) >= 11 is 6.20. The lowest BCUT2D eigenvalue weighted by atomic mass is 10.1. The monoisotopic (exact) mass is 276 g/mol. The number of aromatic nitrogens is 2. The van der Waals surface area contributed by atoms with Crippen molar-refractivity contribution in [3.05, 3.63) is 45.3 Å². The smallest absolute Gasteiger partial charge is 0.249 e. The highest BCUT2D eigenvalue weighted by molar-refractivity contribution is 6.37. The maximum atomic E-state index is 11.4. The number of hydrogen-bond acceptors (Lipinski definition) is 2. The van der Waals surface area contributed by atoms with E-state index in [9.17, 15) is 4.79 Å². The maximum Gasteiger partial charge on any atom is 0.249 e. The van der Waals surface area contributed by atoms with Crippen molar-refractivity contribution in [1.29, 1.82) is 0 Å². The molecule has 0 radical (unpaired) electrons. The molecule has 19 heavy (non-hydrogen) atoms. The van der Waals surface area contributed by atoms with Crippen molar-refractivity contribution < 1.29 is 5.11 Å². The Balaban J connectivity index is 2.47. The van der Waals surface area contributed by atoms with Crippen molar-refractivity contribution in [3.8, 4) is 0 Å². The average Bonchev–Trinajstić information content (AvgIpc) is 2.65. The van der Waals surface area contributed by atoms with Gasteiger partial charge in [0.1, 0.15) is 0 Å². The SMILES string of the molecule is Cc1cc2c3c(Cl)cc(=O)[nH]c3ccc2n1CCO. The number of rotatable bonds is 2. The minimum absolute atomic E-state index is 0.0853. The van der Waals surface area contributed by atoms with Crippen LogP contribution in [0.2, 0.25) is 5.02 Å². The fourth-order valence-electron chi connectivity index (χ4n) is 2.58. The number of aliphatic hydroxyl groups excluding tert-OH is 1. The van der Waals surface area contributed by atoms with E-state index in [-0.39, 0.29) is 12.2 Å². The Morgan fingerprint density at radius 2 is 2.16 bits per heavy atom. The predicted molar refractivity (Wildman–Crippen MR) is 76.9 cm³/mol. The van der Waals surface area contributed by atoms with Crippen LogP contribution < -0.4 is 5.56 Å². The van der Waals surface area contributed by atoms with Crippen molar-refractivity contribution in [2.75, 3.05) is 6.61 Å². The molecule has 98 valence electrons. The lowest BCUT2D eigenvalue weighted by Gasteiger charge is -2.07. The number of H-pyrrole nitrogens is 1. The van der Waals surface area contributed by atoms with Crippen LogP contribution in [0.4, 0.5) is 0 Å². The van der Waals surface area contributed by atoms with Crippen LogP contribution in [0.25, 0.3) is 21.8 Å². The molecule has 0 bridgehead atoms. The molecule has 3 rings (SSSR count). The van der Waals surface area contributed by atoms with Gasteiger partial charge in [-0.15, -0.1) is 0 Å². The quantitative estimate of drug-likeness (QED) is 0.755. The van der Waals surface area contributed by atoms with E-state index in [0.717, 1.165) is 27.5 Å². The highest BCUT2D eigenvalue weighted by Crippen LogP contribution is 2.31. The number of aryl methyl sites for hydroxylation is 1. The van der Waals surface area contributed by atoms with E-state index in [1.165, 1.54) is 6.07 Å². The zero-order chi connectivity index (χ0) is 13.6. The molecule has 0 saturated heterocycles. The molecule has 3 aromatic rings. The molecule has 2 aromatic heterocycles. The van der Waals surface area contributed by atoms with Crippen molar-refractivity contribution in [2.45, 2.75) is 13.5 Å². The van der Waals surface area contributed by atoms with E-state index in [0.29, 0.717) is 11.6 Å². The summed E-state index contributed by atoms with van der Waals surface area (Å²) in [7, 11) is 0. The zero-order valence-electron chi connectivity index (χ0n) is 10.4. The Kier molecular flexibility index (Phi) is 2.84. The first-order valence-corrected chi connectivity index (χ1v) is 6.42. The Bertz CT molecular complexity index is 833. The summed E-state index contributed by atoms with van der Waals surface area (Å²) < 4.78 is 2.04. The molecule has 0 unspecified atom stereocenters. The molecule has 0 atom stereocenters. The van der Waals surface area contributed by atoms with Crippen molar-refractivity contribution in [2.24, 2.45) is 0 Å². The summed E-state index contributed by atoms with van der Waals surface area (Å²) in [6, 6.07) is 7.20. The summed E-state index contributed by atoms with van der Waals surface area (Å²) in [6.07, 6.45) is 0. The first kappa shape index (κ1) is 12.3. The van der Waals surface area contributed by atoms with Gasteiger partial charge >= 0.3 is 0 Å². The molecule has 2 heterocycles. The van der Waals surface area contributed by atoms with Gasteiger partial charge < -0.3 is 14.7 Å². The molecule has 0 aliphatic carbocycles. The van der Waals surface area contributed by atoms with E-state index < -0.39 is 0 Å². The van der Waals surface area contributed by atoms with E-state index in [4.69, 9.17) is 16.7 Å². The van der Waals surface area contributed by atoms with Gasteiger partial charge in [0.15, 0.2) is 0 Å². The van der Waals surface area contributed by atoms with Gasteiger partial charge in [0.05, 0.1) is 17.1 Å². The summed E-state index contributed by atoms with van der Waals surface area (Å²) in [4.78, 5) is 14.2. The van der Waals surface area contributed by atoms with Gasteiger partial charge in [-0.25, -0.2) is 0 Å². The predicted octanol–water partition coefficient (Wildman–Crippen LogP) is 2.44. The summed E-state index contributed by atoms with van der Waals surface area (Å²) in [5, 5.41) is 11.4. The third kappa shape index (κ3) is 1.84. The molecule has 0 aliphatic heterocycles. The number of hydrogen-bond donors (Lipinski definition) is 2. The van der Waals surface area contributed by atoms with Crippen LogP contribution in [-0.2, 0) is 6.54 Å². The number of nitrogens with zero attached hydrogens (tertiary/aromatic N) is 1. The molecule has 0 amide bonds. The van der Waals surface area contributed by atoms with Crippen molar-refractivity contribution in [3.63, 3.8) is 0 Å². The Hall–Kier alpha value is -1.78. The molecule has 0 spiro atoms. The summed E-state index contributed by atoms with van der Waals surface area (Å²) in [6.45, 7) is 2.62. The highest BCUT2D eigenvalue weighted by Gasteiger charge is 2.11. The number of aliphatic hydroxyl groups is 1. The van der Waals surface area contributed by atoms with Gasteiger partial charge in [-0.1, -0.05) is 11.6 Å². The minimum atomic E-state index is -0.205. The van der Waals surface area contributed by atoms with Crippen LogP contribution >= 0.6 is 11.6 Å². The topological polar surface area (TPSA) is 58.0 Å². The van der Waals surface area contributed by atoms with Gasteiger partial charge in [-0.2, -0.15) is 0 Å². The van der Waals surface area contributed by atoms with Crippen LogP contribution in [0, 0.1) is 6.92 Å². The van der Waals surface area contributed by atoms with Crippen LogP contribution in [0.3, 0.4) is 0 Å². The molecule has 0 fully saturated rings. The Labute approximate surface area is 114 Å². The van der Waals surface area contributed by atoms with Gasteiger partial charge in [-0.3, -0.25) is 4.79 Å². The second-order valence-corrected chi connectivity index (χ2v) is 4.97. The van der Waals surface area contributed by atoms with Crippen LogP contribution in [0.1, 0.15) is 5.69 Å². The van der Waals surface area contributed by atoms with Crippen LogP contribution in [0.15, 0.2) is 29.1 Å². The summed E-state index contributed by atoms with van der Waals surface area (Å²) in [5.41, 5.74) is 2.58. The molecule has 2 N–H and O–H groups in total. The Morgan fingerprint density at radius 3 is 2.89 bits per heavy atom. The number of halogens is 1. The number of nitrogens with one attached hydrogen (secondary N) is 1. The highest BCUT2D eigenvalue weighted by atomic mass is 35.5. The standard InChI is InChI=1S/C14H13ClN2O2/c1-8-6-9-12(17(8)4-5-18)3-2-11-14(9)10(15)7-13(19)16-11/h2-3,6-7,18H,4-5H2,1H3,(H,16,19). The molecule has 4 nitrogen and oxygen atoms in total. The average molecular weight is 277 g/mol. The first-order valence-electron chi connectivity index (χ1n) is 6.04. The second kappa shape index (κ2) is 4.40. The largest absolute Gasteiger partial charge is 0.395 e. The van der Waals surface area contributed by atoms with E-state index >= 15 is 0 Å². The molecule has 0 aliphatic rings. The maximum absolute atomic E-state index is 11.4. The molecular weight excluding hydrogens is 264 g/mol. The van der Waals surface area contributed by atoms with Crippen LogP contribution in [0.5, 0.6) is 0 Å². The third-order valence-corrected chi connectivity index (χ3v) is 3.67. The Morgan fingerprint density at radius 1 is 1.37 bits per heavy atom. The lowest BCUT2D eigenvalue weighted by molar-refractivity contribution is 0.277. The normalized spacial score (nSPS) is 11.5. The number of fused-ring (bicyclic) bond motifs is 3. The summed E-state index contributed by atoms with van der Waals surface area (Å²) in [5.74, 6) is 0. The minimum Gasteiger partial charge on any atom is -0.395 e. The van der Waals surface area contributed by atoms with E-state index in [2.05, 4.69) is 4.98 Å². The van der Waals surface area contributed by atoms with Crippen molar-refractivity contribution >= 4 is 33.4 Å². The van der Waals surface area contributed by atoms with Crippen LogP contribution in [-0.4, -0.2) is 21.3 Å². The number of pyridine rings is 1. The fraction of sp³-hybridized carbons (Fsp3) is 0.214. The number of aromatic amines is 1. The van der Waals surface area contributed by atoms with Gasteiger partial charge in [0.25, 0.3) is 0 Å².